The second kappa shape index (κ2) is 5.04. The molecule has 0 spiro atoms. The van der Waals surface area contributed by atoms with Crippen LogP contribution in [0.25, 0.3) is 0 Å². The van der Waals surface area contributed by atoms with Crippen molar-refractivity contribution in [2.75, 3.05) is 19.8 Å². The quantitative estimate of drug-likeness (QED) is 0.872. The third-order valence-corrected chi connectivity index (χ3v) is 3.43. The number of carboxylic acids is 1. The lowest BCUT2D eigenvalue weighted by Gasteiger charge is -2.23. The molecule has 1 atom stereocenters. The maximum Gasteiger partial charge on any atom is 0.312 e. The van der Waals surface area contributed by atoms with Crippen molar-refractivity contribution < 1.29 is 19.4 Å². The largest absolute Gasteiger partial charge is 0.486 e. The molecule has 98 valence electrons. The van der Waals surface area contributed by atoms with E-state index in [0.29, 0.717) is 40.9 Å². The SMILES string of the molecule is Cc1c(Cl)c(C(CN)C(=O)O)cc2c1OCCO2. The van der Waals surface area contributed by atoms with Crippen LogP contribution in [-0.4, -0.2) is 30.8 Å². The van der Waals surface area contributed by atoms with Crippen LogP contribution < -0.4 is 15.2 Å². The number of fused-ring (bicyclic) bond motifs is 1. The fraction of sp³-hybridized carbons (Fsp3) is 0.417. The van der Waals surface area contributed by atoms with Crippen LogP contribution in [-0.2, 0) is 4.79 Å². The smallest absolute Gasteiger partial charge is 0.312 e. The molecule has 6 heteroatoms. The number of benzene rings is 1. The summed E-state index contributed by atoms with van der Waals surface area (Å²) in [5.74, 6) is -0.739. The molecule has 0 fully saturated rings. The maximum atomic E-state index is 11.2. The van der Waals surface area contributed by atoms with E-state index in [-0.39, 0.29) is 6.54 Å². The number of nitrogens with two attached hydrogens (primary N) is 1. The van der Waals surface area contributed by atoms with Crippen LogP contribution in [0, 0.1) is 6.92 Å². The summed E-state index contributed by atoms with van der Waals surface area (Å²) in [4.78, 5) is 11.2. The Bertz CT molecular complexity index is 489. The Labute approximate surface area is 109 Å². The van der Waals surface area contributed by atoms with Gasteiger partial charge in [-0.05, 0) is 18.6 Å². The topological polar surface area (TPSA) is 81.8 Å². The van der Waals surface area contributed by atoms with E-state index >= 15 is 0 Å². The zero-order chi connectivity index (χ0) is 13.3. The van der Waals surface area contributed by atoms with Crippen molar-refractivity contribution in [1.82, 2.24) is 0 Å². The van der Waals surface area contributed by atoms with Gasteiger partial charge in [-0.25, -0.2) is 0 Å². The molecule has 5 nitrogen and oxygen atoms in total. The van der Waals surface area contributed by atoms with E-state index in [4.69, 9.17) is 31.9 Å². The molecular formula is C12H14ClNO4. The Hall–Kier alpha value is -1.46. The second-order valence-electron chi connectivity index (χ2n) is 4.06. The zero-order valence-electron chi connectivity index (χ0n) is 9.90. The molecule has 0 saturated heterocycles. The summed E-state index contributed by atoms with van der Waals surface area (Å²) >= 11 is 6.19. The van der Waals surface area contributed by atoms with Gasteiger partial charge in [-0.1, -0.05) is 11.6 Å². The lowest BCUT2D eigenvalue weighted by atomic mass is 9.96. The van der Waals surface area contributed by atoms with Crippen LogP contribution in [0.15, 0.2) is 6.07 Å². The van der Waals surface area contributed by atoms with Crippen LogP contribution in [0.2, 0.25) is 5.02 Å². The number of rotatable bonds is 3. The lowest BCUT2D eigenvalue weighted by Crippen LogP contribution is -2.23. The molecule has 1 aromatic carbocycles. The number of aliphatic carboxylic acids is 1. The fourth-order valence-electron chi connectivity index (χ4n) is 1.97. The summed E-state index contributed by atoms with van der Waals surface area (Å²) in [7, 11) is 0. The molecular weight excluding hydrogens is 258 g/mol. The van der Waals surface area contributed by atoms with Crippen molar-refractivity contribution in [3.05, 3.63) is 22.2 Å². The monoisotopic (exact) mass is 271 g/mol. The third-order valence-electron chi connectivity index (χ3n) is 2.93. The van der Waals surface area contributed by atoms with Crippen molar-refractivity contribution in [2.45, 2.75) is 12.8 Å². The van der Waals surface area contributed by atoms with Crippen LogP contribution in [0.4, 0.5) is 0 Å². The van der Waals surface area contributed by atoms with E-state index in [1.165, 1.54) is 0 Å². The molecule has 0 bridgehead atoms. The minimum atomic E-state index is -1.00. The zero-order valence-corrected chi connectivity index (χ0v) is 10.7. The summed E-state index contributed by atoms with van der Waals surface area (Å²) in [6.07, 6.45) is 0. The van der Waals surface area contributed by atoms with E-state index in [1.807, 2.05) is 0 Å². The summed E-state index contributed by atoms with van der Waals surface area (Å²) in [5.41, 5.74) is 6.64. The Morgan fingerprint density at radius 1 is 1.56 bits per heavy atom. The third kappa shape index (κ3) is 2.11. The van der Waals surface area contributed by atoms with Gasteiger partial charge >= 0.3 is 5.97 Å². The second-order valence-corrected chi connectivity index (χ2v) is 4.43. The van der Waals surface area contributed by atoms with Gasteiger partial charge in [0.25, 0.3) is 0 Å². The van der Waals surface area contributed by atoms with Gasteiger partial charge in [-0.3, -0.25) is 4.79 Å². The molecule has 0 radical (unpaired) electrons. The highest BCUT2D eigenvalue weighted by atomic mass is 35.5. The van der Waals surface area contributed by atoms with Crippen molar-refractivity contribution in [3.63, 3.8) is 0 Å². The molecule has 2 rings (SSSR count). The molecule has 3 N–H and O–H groups in total. The standard InChI is InChI=1S/C12H14ClNO4/c1-6-10(13)7(8(5-14)12(15)16)4-9-11(6)18-3-2-17-9/h4,8H,2-3,5,14H2,1H3,(H,15,16). The first-order chi connectivity index (χ1) is 8.56. The van der Waals surface area contributed by atoms with E-state index in [0.717, 1.165) is 0 Å². The van der Waals surface area contributed by atoms with Crippen molar-refractivity contribution in [3.8, 4) is 11.5 Å². The van der Waals surface area contributed by atoms with Crippen LogP contribution in [0.5, 0.6) is 11.5 Å². The molecule has 1 unspecified atom stereocenters. The first-order valence-corrected chi connectivity index (χ1v) is 5.95. The molecule has 0 amide bonds. The number of carboxylic acid groups (broad SMARTS) is 1. The van der Waals surface area contributed by atoms with E-state index in [1.54, 1.807) is 13.0 Å². The van der Waals surface area contributed by atoms with Crippen LogP contribution in [0.1, 0.15) is 17.0 Å². The number of hydrogen-bond donors (Lipinski definition) is 2. The molecule has 0 aliphatic carbocycles. The summed E-state index contributed by atoms with van der Waals surface area (Å²) in [6, 6.07) is 1.61. The lowest BCUT2D eigenvalue weighted by molar-refractivity contribution is -0.138. The number of hydrogen-bond acceptors (Lipinski definition) is 4. The van der Waals surface area contributed by atoms with Crippen molar-refractivity contribution in [2.24, 2.45) is 5.73 Å². The van der Waals surface area contributed by atoms with Gasteiger partial charge in [-0.15, -0.1) is 0 Å². The number of carbonyl (C=O) groups is 1. The fourth-order valence-corrected chi connectivity index (χ4v) is 2.24. The summed E-state index contributed by atoms with van der Waals surface area (Å²) in [6.45, 7) is 2.65. The van der Waals surface area contributed by atoms with Gasteiger partial charge in [0.05, 0.1) is 10.9 Å². The average Bonchev–Trinajstić information content (AvgIpc) is 2.36. The summed E-state index contributed by atoms with van der Waals surface area (Å²) in [5, 5.41) is 9.51. The maximum absolute atomic E-state index is 11.2. The van der Waals surface area contributed by atoms with Crippen LogP contribution >= 0.6 is 11.6 Å². The van der Waals surface area contributed by atoms with Gasteiger partial charge in [0.2, 0.25) is 0 Å². The van der Waals surface area contributed by atoms with Gasteiger partial charge in [0.1, 0.15) is 13.2 Å². The molecule has 1 aliphatic rings. The first kappa shape index (κ1) is 13.0. The molecule has 1 aromatic rings. The minimum absolute atomic E-state index is 0.0197. The molecule has 1 heterocycles. The highest BCUT2D eigenvalue weighted by Gasteiger charge is 2.26. The first-order valence-electron chi connectivity index (χ1n) is 5.57. The minimum Gasteiger partial charge on any atom is -0.486 e. The highest BCUT2D eigenvalue weighted by molar-refractivity contribution is 6.32. The Morgan fingerprint density at radius 2 is 2.22 bits per heavy atom. The van der Waals surface area contributed by atoms with Gasteiger partial charge in [0.15, 0.2) is 11.5 Å². The van der Waals surface area contributed by atoms with Gasteiger partial charge < -0.3 is 20.3 Å². The van der Waals surface area contributed by atoms with E-state index < -0.39 is 11.9 Å². The van der Waals surface area contributed by atoms with Crippen LogP contribution in [0.3, 0.4) is 0 Å². The van der Waals surface area contributed by atoms with Crippen molar-refractivity contribution >= 4 is 17.6 Å². The summed E-state index contributed by atoms with van der Waals surface area (Å²) < 4.78 is 10.9. The predicted octanol–water partition coefficient (Wildman–Crippen LogP) is 1.55. The van der Waals surface area contributed by atoms with Gasteiger partial charge in [0, 0.05) is 12.1 Å². The Morgan fingerprint density at radius 3 is 2.83 bits per heavy atom. The molecule has 0 saturated carbocycles. The molecule has 0 aromatic heterocycles. The van der Waals surface area contributed by atoms with Gasteiger partial charge in [-0.2, -0.15) is 0 Å². The van der Waals surface area contributed by atoms with E-state index in [2.05, 4.69) is 0 Å². The van der Waals surface area contributed by atoms with Crippen molar-refractivity contribution in [1.29, 1.82) is 0 Å². The Kier molecular flexibility index (Phi) is 3.63. The highest BCUT2D eigenvalue weighted by Crippen LogP contribution is 2.42. The average molecular weight is 272 g/mol. The number of halogens is 1. The molecule has 18 heavy (non-hydrogen) atoms. The molecule has 1 aliphatic heterocycles. The number of ether oxygens (including phenoxy) is 2. The Balaban J connectivity index is 2.55. The van der Waals surface area contributed by atoms with E-state index in [9.17, 15) is 4.79 Å². The predicted molar refractivity (Wildman–Crippen MR) is 66.6 cm³/mol. The normalized spacial score (nSPS) is 15.3.